The molecule has 0 saturated heterocycles. The van der Waals surface area contributed by atoms with E-state index in [2.05, 4.69) is 0 Å². The molecule has 3 heterocycles. The molecule has 0 radical (unpaired) electrons. The van der Waals surface area contributed by atoms with Crippen LogP contribution in [0.4, 0.5) is 5.69 Å². The van der Waals surface area contributed by atoms with Crippen LogP contribution in [0.3, 0.4) is 0 Å². The molecule has 0 spiro atoms. The number of carbonyl (C=O) groups is 1. The van der Waals surface area contributed by atoms with Crippen molar-refractivity contribution in [3.63, 3.8) is 0 Å². The van der Waals surface area contributed by atoms with Crippen molar-refractivity contribution in [2.24, 2.45) is 5.41 Å². The average Bonchev–Trinajstić information content (AvgIpc) is 3.16. The summed E-state index contributed by atoms with van der Waals surface area (Å²) >= 11 is 1.18. The van der Waals surface area contributed by atoms with Gasteiger partial charge in [0.15, 0.2) is 24.1 Å². The molecular weight excluding hydrogens is 512 g/mol. The smallest absolute Gasteiger partial charge is 0.270 e. The second-order valence-corrected chi connectivity index (χ2v) is 11.0. The Morgan fingerprint density at radius 1 is 1.13 bits per heavy atom. The Balaban J connectivity index is 1.66. The zero-order valence-electron chi connectivity index (χ0n) is 21.1. The number of fused-ring (bicyclic) bond motifs is 2. The number of ether oxygens (including phenoxy) is 4. The Morgan fingerprint density at radius 2 is 1.89 bits per heavy atom. The van der Waals surface area contributed by atoms with Gasteiger partial charge in [-0.05, 0) is 23.8 Å². The molecule has 0 aliphatic carbocycles. The lowest BCUT2D eigenvalue weighted by molar-refractivity contribution is -0.385. The van der Waals surface area contributed by atoms with E-state index in [1.165, 1.54) is 34.1 Å². The highest BCUT2D eigenvalue weighted by atomic mass is 32.1. The predicted octanol–water partition coefficient (Wildman–Crippen LogP) is 2.73. The molecular formula is C27H26N2O8S. The van der Waals surface area contributed by atoms with Crippen molar-refractivity contribution in [3.8, 4) is 17.2 Å². The van der Waals surface area contributed by atoms with Crippen LogP contribution in [-0.2, 0) is 22.7 Å². The van der Waals surface area contributed by atoms with Gasteiger partial charge < -0.3 is 18.9 Å². The molecule has 2 aliphatic rings. The molecule has 11 heteroatoms. The van der Waals surface area contributed by atoms with Gasteiger partial charge in [-0.2, -0.15) is 0 Å². The summed E-state index contributed by atoms with van der Waals surface area (Å²) in [5.74, 6) is 1.54. The molecule has 198 valence electrons. The maximum atomic E-state index is 13.7. The molecule has 0 N–H and O–H groups in total. The third-order valence-electron chi connectivity index (χ3n) is 6.11. The van der Waals surface area contributed by atoms with Crippen molar-refractivity contribution < 1.29 is 28.7 Å². The van der Waals surface area contributed by atoms with Gasteiger partial charge in [-0.25, -0.2) is 0 Å². The second-order valence-electron chi connectivity index (χ2n) is 9.96. The molecule has 0 bridgehead atoms. The highest BCUT2D eigenvalue weighted by Crippen LogP contribution is 2.33. The lowest BCUT2D eigenvalue weighted by Gasteiger charge is -2.20. The van der Waals surface area contributed by atoms with Crippen LogP contribution < -0.4 is 29.0 Å². The van der Waals surface area contributed by atoms with Gasteiger partial charge in [0.2, 0.25) is 0 Å². The van der Waals surface area contributed by atoms with Crippen molar-refractivity contribution in [3.05, 3.63) is 76.7 Å². The Labute approximate surface area is 221 Å². The number of nitro groups is 1. The number of aromatic nitrogens is 1. The summed E-state index contributed by atoms with van der Waals surface area (Å²) in [6.45, 7) is 6.46. The molecule has 5 rings (SSSR count). The molecule has 0 unspecified atom stereocenters. The summed E-state index contributed by atoms with van der Waals surface area (Å²) in [5, 5.41) is 11.6. The van der Waals surface area contributed by atoms with Crippen LogP contribution in [0.15, 0.2) is 35.1 Å². The first-order valence-corrected chi connectivity index (χ1v) is 12.8. The van der Waals surface area contributed by atoms with Crippen molar-refractivity contribution in [1.82, 2.24) is 4.57 Å². The number of rotatable bonds is 5. The minimum absolute atomic E-state index is 0.000973. The SMILES string of the molecule is CC(C)(C)C(=O)/C=c1/s/c(=C\c2ccc3c(c2)OCCO3)c(=O)n1Cc1cc([N+](=O)[O-])cc2c1OCOC2. The first kappa shape index (κ1) is 25.7. The van der Waals surface area contributed by atoms with E-state index in [9.17, 15) is 19.7 Å². The van der Waals surface area contributed by atoms with Gasteiger partial charge >= 0.3 is 0 Å². The second kappa shape index (κ2) is 10.1. The van der Waals surface area contributed by atoms with E-state index < -0.39 is 10.3 Å². The topological polar surface area (TPSA) is 119 Å². The van der Waals surface area contributed by atoms with Crippen LogP contribution in [0, 0.1) is 15.5 Å². The zero-order chi connectivity index (χ0) is 27.0. The van der Waals surface area contributed by atoms with Gasteiger partial charge in [-0.15, -0.1) is 11.3 Å². The van der Waals surface area contributed by atoms with Gasteiger partial charge in [0.25, 0.3) is 11.2 Å². The number of ketones is 1. The van der Waals surface area contributed by atoms with Gasteiger partial charge in [-0.1, -0.05) is 26.8 Å². The molecule has 1 aromatic heterocycles. The maximum absolute atomic E-state index is 13.7. The van der Waals surface area contributed by atoms with Crippen LogP contribution >= 0.6 is 11.3 Å². The van der Waals surface area contributed by atoms with E-state index in [-0.39, 0.29) is 37.0 Å². The standard InChI is InChI=1S/C27H26N2O8S/c1-27(2,3)23(30)12-24-28(13-17-10-19(29(32)33)11-18-14-34-15-37-25(17)18)26(31)22(38-24)9-16-4-5-20-21(8-16)36-7-6-35-20/h4-5,8-12H,6-7,13-15H2,1-3H3/b22-9-,24-12+. The summed E-state index contributed by atoms with van der Waals surface area (Å²) in [6, 6.07) is 8.22. The summed E-state index contributed by atoms with van der Waals surface area (Å²) in [5.41, 5.74) is 0.613. The first-order valence-electron chi connectivity index (χ1n) is 12.0. The number of Topliss-reactive ketones (excluding diaryl/α,β-unsaturated/α-hetero) is 1. The average molecular weight is 539 g/mol. The van der Waals surface area contributed by atoms with Crippen LogP contribution in [-0.4, -0.2) is 35.3 Å². The number of benzene rings is 2. The highest BCUT2D eigenvalue weighted by Gasteiger charge is 2.23. The summed E-state index contributed by atoms with van der Waals surface area (Å²) in [6.07, 6.45) is 3.19. The van der Waals surface area contributed by atoms with E-state index in [0.717, 1.165) is 5.56 Å². The number of nitro benzene ring substituents is 1. The molecule has 0 atom stereocenters. The summed E-state index contributed by atoms with van der Waals surface area (Å²) in [7, 11) is 0. The Bertz CT molecular complexity index is 1610. The molecule has 2 aromatic carbocycles. The summed E-state index contributed by atoms with van der Waals surface area (Å²) in [4.78, 5) is 37.7. The van der Waals surface area contributed by atoms with E-state index >= 15 is 0 Å². The van der Waals surface area contributed by atoms with Crippen molar-refractivity contribution in [2.75, 3.05) is 20.0 Å². The highest BCUT2D eigenvalue weighted by molar-refractivity contribution is 7.07. The third-order valence-corrected chi connectivity index (χ3v) is 7.16. The predicted molar refractivity (Wildman–Crippen MR) is 140 cm³/mol. The van der Waals surface area contributed by atoms with Crippen molar-refractivity contribution in [2.45, 2.75) is 33.9 Å². The Morgan fingerprint density at radius 3 is 2.63 bits per heavy atom. The normalized spacial score (nSPS) is 15.7. The summed E-state index contributed by atoms with van der Waals surface area (Å²) < 4.78 is 24.5. The van der Waals surface area contributed by atoms with Crippen LogP contribution in [0.5, 0.6) is 17.2 Å². The molecule has 0 saturated carbocycles. The van der Waals surface area contributed by atoms with E-state index in [1.807, 2.05) is 6.07 Å². The number of thiazole rings is 1. The van der Waals surface area contributed by atoms with E-state index in [0.29, 0.717) is 50.8 Å². The van der Waals surface area contributed by atoms with Crippen LogP contribution in [0.2, 0.25) is 0 Å². The van der Waals surface area contributed by atoms with Gasteiger partial charge in [0.1, 0.15) is 23.6 Å². The fraction of sp³-hybridized carbons (Fsp3) is 0.333. The number of nitrogens with zero attached hydrogens (tertiary/aromatic N) is 2. The zero-order valence-corrected chi connectivity index (χ0v) is 22.0. The quantitative estimate of drug-likeness (QED) is 0.359. The number of hydrogen-bond acceptors (Lipinski definition) is 9. The molecule has 38 heavy (non-hydrogen) atoms. The van der Waals surface area contributed by atoms with Gasteiger partial charge in [0, 0.05) is 34.8 Å². The Kier molecular flexibility index (Phi) is 6.80. The molecule has 0 amide bonds. The fourth-order valence-corrected chi connectivity index (χ4v) is 5.14. The number of hydrogen-bond donors (Lipinski definition) is 0. The van der Waals surface area contributed by atoms with Crippen LogP contribution in [0.25, 0.3) is 12.2 Å². The molecule has 0 fully saturated rings. The molecule has 3 aromatic rings. The Hall–Kier alpha value is -3.96. The minimum atomic E-state index is -0.657. The molecule has 10 nitrogen and oxygen atoms in total. The lowest BCUT2D eigenvalue weighted by atomic mass is 9.91. The third kappa shape index (κ3) is 5.20. The van der Waals surface area contributed by atoms with E-state index in [4.69, 9.17) is 18.9 Å². The fourth-order valence-electron chi connectivity index (χ4n) is 4.10. The first-order chi connectivity index (χ1) is 18.1. The lowest BCUT2D eigenvalue weighted by Crippen LogP contribution is -2.33. The number of non-ortho nitro benzene ring substituents is 1. The van der Waals surface area contributed by atoms with Crippen LogP contribution in [0.1, 0.15) is 37.5 Å². The monoisotopic (exact) mass is 538 g/mol. The van der Waals surface area contributed by atoms with Gasteiger partial charge in [0.05, 0.1) is 22.6 Å². The van der Waals surface area contributed by atoms with Crippen molar-refractivity contribution in [1.29, 1.82) is 0 Å². The van der Waals surface area contributed by atoms with E-state index in [1.54, 1.807) is 39.0 Å². The number of carbonyl (C=O) groups excluding carboxylic acids is 1. The van der Waals surface area contributed by atoms with Gasteiger partial charge in [-0.3, -0.25) is 24.3 Å². The largest absolute Gasteiger partial charge is 0.486 e. The molecule has 2 aliphatic heterocycles. The van der Waals surface area contributed by atoms with Crippen molar-refractivity contribution >= 4 is 35.0 Å². The maximum Gasteiger partial charge on any atom is 0.270 e. The minimum Gasteiger partial charge on any atom is -0.486 e.